The molecule has 0 nitrogen and oxygen atoms in total. The lowest BCUT2D eigenvalue weighted by Gasteiger charge is -2.23. The zero-order valence-electron chi connectivity index (χ0n) is 8.36. The molecule has 0 saturated carbocycles. The third kappa shape index (κ3) is 9.74. The number of rotatable bonds is 1. The molecule has 0 rings (SSSR count). The normalized spacial score (nSPS) is 11.8. The van der Waals surface area contributed by atoms with Gasteiger partial charge in [0.05, 0.1) is 0 Å². The minimum atomic E-state index is 0. The van der Waals surface area contributed by atoms with E-state index in [1.807, 2.05) is 19.9 Å². The van der Waals surface area contributed by atoms with Crippen LogP contribution in [0.15, 0.2) is 12.7 Å². The Morgan fingerprint density at radius 2 is 1.45 bits per heavy atom. The van der Waals surface area contributed by atoms with Crippen LogP contribution in [-0.4, -0.2) is 0 Å². The van der Waals surface area contributed by atoms with Gasteiger partial charge in [-0.1, -0.05) is 55.0 Å². The molecule has 0 bridgehead atoms. The van der Waals surface area contributed by atoms with Crippen LogP contribution in [0, 0.1) is 11.3 Å². The van der Waals surface area contributed by atoms with Crippen molar-refractivity contribution in [3.8, 4) is 0 Å². The molecule has 0 aromatic rings. The van der Waals surface area contributed by atoms with Crippen molar-refractivity contribution in [3.05, 3.63) is 12.7 Å². The van der Waals surface area contributed by atoms with Gasteiger partial charge in [-0.3, -0.25) is 0 Å². The van der Waals surface area contributed by atoms with Crippen molar-refractivity contribution in [3.63, 3.8) is 0 Å². The lowest BCUT2D eigenvalue weighted by atomic mass is 9.82. The molecule has 0 spiro atoms. The van der Waals surface area contributed by atoms with Gasteiger partial charge in [-0.05, 0) is 11.3 Å². The Morgan fingerprint density at radius 3 is 1.45 bits per heavy atom. The fourth-order valence-electron chi connectivity index (χ4n) is 0.354. The molecule has 0 aromatic carbocycles. The maximum Gasteiger partial charge on any atom is -0.0216 e. The Kier molecular flexibility index (Phi) is 12.1. The van der Waals surface area contributed by atoms with Crippen LogP contribution < -0.4 is 0 Å². The molecule has 0 radical (unpaired) electrons. The summed E-state index contributed by atoms with van der Waals surface area (Å²) in [6.45, 7) is 16.6. The zero-order chi connectivity index (χ0) is 8.78. The molecular formula is C11H26. The largest absolute Gasteiger partial charge is 0.103 e. The lowest BCUT2D eigenvalue weighted by Crippen LogP contribution is -2.14. The maximum atomic E-state index is 3.73. The number of allylic oxidation sites excluding steroid dienone is 1. The summed E-state index contributed by atoms with van der Waals surface area (Å²) in [5.41, 5.74) is 0.391. The molecule has 0 aliphatic rings. The molecule has 0 heterocycles. The average Bonchev–Trinajstić information content (AvgIpc) is 1.89. The standard InChI is InChI=1S/C8H16.C2H6.CH4/c1-6-7(2)8(3,4)5;1-2;/h6-7H,1H2,2-5H3;1-2H3;1H4. The van der Waals surface area contributed by atoms with Gasteiger partial charge >= 0.3 is 0 Å². The van der Waals surface area contributed by atoms with Crippen molar-refractivity contribution < 1.29 is 0 Å². The van der Waals surface area contributed by atoms with Gasteiger partial charge < -0.3 is 0 Å². The topological polar surface area (TPSA) is 0 Å². The average molecular weight is 158 g/mol. The first-order valence-corrected chi connectivity index (χ1v) is 4.11. The van der Waals surface area contributed by atoms with Crippen LogP contribution in [0.2, 0.25) is 0 Å². The van der Waals surface area contributed by atoms with Gasteiger partial charge in [0.15, 0.2) is 0 Å². The highest BCUT2D eigenvalue weighted by atomic mass is 14.2. The van der Waals surface area contributed by atoms with Gasteiger partial charge in [0, 0.05) is 0 Å². The molecule has 0 aromatic heterocycles. The van der Waals surface area contributed by atoms with Crippen LogP contribution in [-0.2, 0) is 0 Å². The van der Waals surface area contributed by atoms with Crippen LogP contribution in [0.3, 0.4) is 0 Å². The van der Waals surface area contributed by atoms with Crippen molar-refractivity contribution in [2.24, 2.45) is 11.3 Å². The van der Waals surface area contributed by atoms with E-state index in [0.29, 0.717) is 11.3 Å². The third-order valence-electron chi connectivity index (χ3n) is 1.72. The van der Waals surface area contributed by atoms with E-state index in [2.05, 4.69) is 34.3 Å². The van der Waals surface area contributed by atoms with Gasteiger partial charge in [0.1, 0.15) is 0 Å². The number of hydrogen-bond acceptors (Lipinski definition) is 0. The van der Waals surface area contributed by atoms with E-state index in [1.54, 1.807) is 0 Å². The quantitative estimate of drug-likeness (QED) is 0.492. The molecule has 0 aliphatic heterocycles. The van der Waals surface area contributed by atoms with Gasteiger partial charge in [-0.25, -0.2) is 0 Å². The summed E-state index contributed by atoms with van der Waals surface area (Å²) in [5, 5.41) is 0. The minimum Gasteiger partial charge on any atom is -0.103 e. The minimum absolute atomic E-state index is 0. The summed E-state index contributed by atoms with van der Waals surface area (Å²) in [6.07, 6.45) is 2.00. The predicted molar refractivity (Wildman–Crippen MR) is 56.9 cm³/mol. The second kappa shape index (κ2) is 7.84. The molecule has 0 fully saturated rings. The van der Waals surface area contributed by atoms with Crippen LogP contribution in [0.5, 0.6) is 0 Å². The number of hydrogen-bond donors (Lipinski definition) is 0. The molecule has 70 valence electrons. The van der Waals surface area contributed by atoms with Crippen LogP contribution in [0.1, 0.15) is 49.0 Å². The van der Waals surface area contributed by atoms with E-state index < -0.39 is 0 Å². The van der Waals surface area contributed by atoms with Gasteiger partial charge in [0.25, 0.3) is 0 Å². The van der Waals surface area contributed by atoms with E-state index in [4.69, 9.17) is 0 Å². The summed E-state index contributed by atoms with van der Waals surface area (Å²) in [5.74, 6) is 0.613. The lowest BCUT2D eigenvalue weighted by molar-refractivity contribution is 0.315. The fourth-order valence-corrected chi connectivity index (χ4v) is 0.354. The molecule has 0 saturated heterocycles. The van der Waals surface area contributed by atoms with Crippen LogP contribution in [0.25, 0.3) is 0 Å². The molecule has 0 amide bonds. The summed E-state index contributed by atoms with van der Waals surface area (Å²) in [4.78, 5) is 0. The Morgan fingerprint density at radius 1 is 1.18 bits per heavy atom. The van der Waals surface area contributed by atoms with Crippen molar-refractivity contribution in [2.45, 2.75) is 49.0 Å². The van der Waals surface area contributed by atoms with Gasteiger partial charge in [-0.2, -0.15) is 0 Å². The van der Waals surface area contributed by atoms with E-state index >= 15 is 0 Å². The highest BCUT2D eigenvalue weighted by Crippen LogP contribution is 2.25. The highest BCUT2D eigenvalue weighted by Gasteiger charge is 2.15. The van der Waals surface area contributed by atoms with Gasteiger partial charge in [-0.15, -0.1) is 6.58 Å². The SMILES string of the molecule is C.C=CC(C)C(C)(C)C.CC. The monoisotopic (exact) mass is 158 g/mol. The highest BCUT2D eigenvalue weighted by molar-refractivity contribution is 4.83. The van der Waals surface area contributed by atoms with Crippen LogP contribution in [0.4, 0.5) is 0 Å². The summed E-state index contributed by atoms with van der Waals surface area (Å²) in [7, 11) is 0. The van der Waals surface area contributed by atoms with E-state index in [9.17, 15) is 0 Å². The molecule has 0 N–H and O–H groups in total. The third-order valence-corrected chi connectivity index (χ3v) is 1.72. The molecular weight excluding hydrogens is 132 g/mol. The zero-order valence-corrected chi connectivity index (χ0v) is 8.36. The van der Waals surface area contributed by atoms with Gasteiger partial charge in [0.2, 0.25) is 0 Å². The Bertz CT molecular complexity index is 74.5. The Balaban J connectivity index is -0.000000196. The molecule has 11 heavy (non-hydrogen) atoms. The van der Waals surface area contributed by atoms with Crippen LogP contribution >= 0.6 is 0 Å². The Labute approximate surface area is 73.7 Å². The van der Waals surface area contributed by atoms with E-state index in [0.717, 1.165) is 0 Å². The summed E-state index contributed by atoms with van der Waals surface area (Å²) < 4.78 is 0. The molecule has 1 unspecified atom stereocenters. The molecule has 1 atom stereocenters. The maximum absolute atomic E-state index is 3.73. The second-order valence-corrected chi connectivity index (χ2v) is 3.39. The fraction of sp³-hybridized carbons (Fsp3) is 0.818. The van der Waals surface area contributed by atoms with Crippen molar-refractivity contribution in [2.75, 3.05) is 0 Å². The predicted octanol–water partition coefficient (Wildman–Crippen LogP) is 4.52. The molecule has 0 heteroatoms. The van der Waals surface area contributed by atoms with Crippen molar-refractivity contribution in [1.29, 1.82) is 0 Å². The first kappa shape index (κ1) is 17.0. The first-order valence-electron chi connectivity index (χ1n) is 4.11. The molecule has 0 aliphatic carbocycles. The van der Waals surface area contributed by atoms with Crippen molar-refractivity contribution >= 4 is 0 Å². The summed E-state index contributed by atoms with van der Waals surface area (Å²) in [6, 6.07) is 0. The Hall–Kier alpha value is -0.260. The smallest absolute Gasteiger partial charge is 0.0216 e. The van der Waals surface area contributed by atoms with E-state index in [-0.39, 0.29) is 7.43 Å². The van der Waals surface area contributed by atoms with Crippen molar-refractivity contribution in [1.82, 2.24) is 0 Å². The second-order valence-electron chi connectivity index (χ2n) is 3.39. The summed E-state index contributed by atoms with van der Waals surface area (Å²) >= 11 is 0. The van der Waals surface area contributed by atoms with E-state index in [1.165, 1.54) is 0 Å². The first-order chi connectivity index (χ1) is 4.48.